The van der Waals surface area contributed by atoms with Crippen LogP contribution in [0.25, 0.3) is 54.5 Å². The first-order valence-electron chi connectivity index (χ1n) is 38.4. The standard InChI is InChI=1S/C17H23ClN4O.C16H23ClN4O2S.C16H19ClN4O.C16H21ClN4O.C14H17ClN4/c1-11(23)21(4)16-5-6-22(10-17(16,2)3)15-8-12(18)7-14-13(15)9-19-20-14;1-16(2)10-21(6-5-15(16)20(3)24(4,22)23)14-8-11(17)7-13-12(14)9-18-19-13;1-11(22)20-4-2-16(3-5-20)9-21(10-16)15-7-12(17)6-14-13(15)8-18-19-14;17-12-9-15-14(11-18-19-15)16(10-12)21-3-1-13(2-4-21)20-5-7-22-8-6-20;15-10-3-13-12(6-17-18-13)14(4-10)19-7-9-1-2-11(8-19)16-5-9/h7-9,16H,5-6,10H2,1-4H3,(H,19,20);7-9,15H,5-6,10H2,1-4H3,(H,18,19);6-8H,2-5,9-10H2,1H3,(H,18,19);9-11,13H,1-8H2,(H,18,19);3-4,6,9,11,16H,1-2,5,7-8H2,(H,17,18)/t;;;;9-,11-/m....0/s1. The van der Waals surface area contributed by atoms with E-state index in [0.29, 0.717) is 27.5 Å². The lowest BCUT2D eigenvalue weighted by atomic mass is 9.71. The number of nitrogens with one attached hydrogen (secondary N) is 6. The second-order valence-electron chi connectivity index (χ2n) is 32.8. The average Bonchev–Trinajstić information content (AvgIpc) is 0.940. The van der Waals surface area contributed by atoms with Crippen molar-refractivity contribution in [2.45, 2.75) is 117 Å². The van der Waals surface area contributed by atoms with Crippen LogP contribution in [0.15, 0.2) is 91.6 Å². The Hall–Kier alpha value is -7.37. The highest BCUT2D eigenvalue weighted by Crippen LogP contribution is 2.46. The molecule has 6 N–H and O–H groups in total. The van der Waals surface area contributed by atoms with Crippen LogP contribution in [0.2, 0.25) is 25.1 Å². The number of aromatic nitrogens is 10. The summed E-state index contributed by atoms with van der Waals surface area (Å²) in [5, 5.41) is 48.5. The molecule has 1 spiro atoms. The number of morpholine rings is 1. The van der Waals surface area contributed by atoms with Gasteiger partial charge in [-0.05, 0) is 130 Å². The number of likely N-dealkylation sites (tertiary alicyclic amines) is 1. The second kappa shape index (κ2) is 33.0. The van der Waals surface area contributed by atoms with Crippen LogP contribution in [-0.2, 0) is 24.3 Å². The zero-order valence-electron chi connectivity index (χ0n) is 64.3. The Balaban J connectivity index is 0.000000115. The number of H-pyrrole nitrogens is 5. The van der Waals surface area contributed by atoms with Gasteiger partial charge in [0.25, 0.3) is 0 Å². The van der Waals surface area contributed by atoms with E-state index in [1.807, 2.05) is 96.4 Å². The van der Waals surface area contributed by atoms with E-state index in [2.05, 4.69) is 126 Å². The number of anilines is 5. The van der Waals surface area contributed by atoms with Crippen molar-refractivity contribution < 1.29 is 22.7 Å². The molecule has 14 heterocycles. The molecule has 0 aliphatic carbocycles. The molecular formula is C79H103Cl5N20O5S. The van der Waals surface area contributed by atoms with Crippen LogP contribution in [0, 0.1) is 22.2 Å². The van der Waals surface area contributed by atoms with Crippen molar-refractivity contribution in [1.29, 1.82) is 0 Å². The molecule has 9 fully saturated rings. The van der Waals surface area contributed by atoms with Gasteiger partial charge >= 0.3 is 0 Å². The number of carbonyl (C=O) groups is 2. The Morgan fingerprint density at radius 3 is 1.25 bits per heavy atom. The molecule has 590 valence electrons. The van der Waals surface area contributed by atoms with Crippen molar-refractivity contribution in [2.75, 3.05) is 156 Å². The number of hydrogen-bond acceptors (Lipinski definition) is 17. The fraction of sp³-hybridized carbons (Fsp3) is 0.532. The summed E-state index contributed by atoms with van der Waals surface area (Å²) in [5.41, 5.74) is 10.8. The fourth-order valence-corrected chi connectivity index (χ4v) is 20.3. The molecule has 5 aromatic heterocycles. The molecule has 0 saturated carbocycles. The molecule has 19 rings (SSSR count). The molecule has 10 aromatic rings. The minimum Gasteiger partial charge on any atom is -0.379 e. The van der Waals surface area contributed by atoms with Gasteiger partial charge in [-0.25, -0.2) is 12.7 Å². The topological polar surface area (TPSA) is 262 Å². The van der Waals surface area contributed by atoms with E-state index in [4.69, 9.17) is 62.7 Å². The zero-order chi connectivity index (χ0) is 77.6. The fourth-order valence-electron chi connectivity index (χ4n) is 18.3. The van der Waals surface area contributed by atoms with E-state index in [1.54, 1.807) is 20.9 Å². The van der Waals surface area contributed by atoms with E-state index in [1.165, 1.54) is 53.0 Å². The monoisotopic (exact) mass is 1620 g/mol. The van der Waals surface area contributed by atoms with Gasteiger partial charge in [0.1, 0.15) is 0 Å². The summed E-state index contributed by atoms with van der Waals surface area (Å²) in [7, 11) is 0.363. The molecule has 2 unspecified atom stereocenters. The van der Waals surface area contributed by atoms with Gasteiger partial charge < -0.3 is 44.4 Å². The molecule has 5 aromatic carbocycles. The highest BCUT2D eigenvalue weighted by atomic mass is 35.5. The number of carbonyl (C=O) groups excluding carboxylic acids is 2. The molecule has 31 heteroatoms. The molecule has 4 atom stereocenters. The summed E-state index contributed by atoms with van der Waals surface area (Å²) >= 11 is 31.2. The number of piperidine rings is 5. The van der Waals surface area contributed by atoms with Gasteiger partial charge in [-0.15, -0.1) is 0 Å². The highest BCUT2D eigenvalue weighted by Gasteiger charge is 2.47. The van der Waals surface area contributed by atoms with Crippen LogP contribution in [0.1, 0.15) is 92.9 Å². The summed E-state index contributed by atoms with van der Waals surface area (Å²) in [5.74, 6) is 1.07. The molecule has 9 aliphatic rings. The van der Waals surface area contributed by atoms with Gasteiger partial charge in [0, 0.05) is 235 Å². The number of benzene rings is 5. The lowest BCUT2D eigenvalue weighted by Gasteiger charge is -2.55. The van der Waals surface area contributed by atoms with E-state index in [0.717, 1.165) is 224 Å². The predicted molar refractivity (Wildman–Crippen MR) is 446 cm³/mol. The van der Waals surface area contributed by atoms with E-state index in [-0.39, 0.29) is 34.7 Å². The van der Waals surface area contributed by atoms with Gasteiger partial charge in [-0.3, -0.25) is 40.0 Å². The third-order valence-corrected chi connectivity index (χ3v) is 26.8. The largest absolute Gasteiger partial charge is 0.379 e. The first-order valence-corrected chi connectivity index (χ1v) is 42.1. The van der Waals surface area contributed by atoms with Gasteiger partial charge in [0.2, 0.25) is 21.8 Å². The molecule has 9 aliphatic heterocycles. The lowest BCUT2D eigenvalue weighted by molar-refractivity contribution is -0.132. The first-order chi connectivity index (χ1) is 52.6. The molecule has 9 saturated heterocycles. The van der Waals surface area contributed by atoms with Crippen LogP contribution in [0.5, 0.6) is 0 Å². The van der Waals surface area contributed by atoms with Crippen molar-refractivity contribution in [3.63, 3.8) is 0 Å². The minimum absolute atomic E-state index is 0.00293. The molecular weight excluding hydrogens is 1520 g/mol. The average molecular weight is 1620 g/mol. The Morgan fingerprint density at radius 1 is 0.482 bits per heavy atom. The maximum Gasteiger partial charge on any atom is 0.219 e. The lowest BCUT2D eigenvalue weighted by Crippen LogP contribution is -2.60. The molecule has 0 radical (unpaired) electrons. The number of fused-ring (bicyclic) bond motifs is 9. The Morgan fingerprint density at radius 2 is 0.873 bits per heavy atom. The quantitative estimate of drug-likeness (QED) is 0.0784. The van der Waals surface area contributed by atoms with Crippen LogP contribution < -0.4 is 29.8 Å². The zero-order valence-corrected chi connectivity index (χ0v) is 68.9. The van der Waals surface area contributed by atoms with Crippen molar-refractivity contribution >= 4 is 163 Å². The Labute approximate surface area is 668 Å². The summed E-state index contributed by atoms with van der Waals surface area (Å²) in [6.07, 6.45) is 19.5. The second-order valence-corrected chi connectivity index (χ2v) is 37.0. The SMILES string of the molecule is CC(=O)N(C)C1CCN(c2cc(Cl)cc3[nH]ncc23)CC1(C)C.CC(=O)N1CCC2(CC1)CN(c1cc(Cl)cc3[nH]ncc13)C2.CN(C1CCN(c2cc(Cl)cc3[nH]ncc23)CC1(C)C)S(C)(=O)=O.Clc1cc(N2CCC(N3CCOCC3)CC2)c2cn[nH]c2c1.Clc1cc(N2C[C@H]3CC[C@@H](C2)NC3)c2cn[nH]c2c1. The molecule has 25 nitrogen and oxygen atoms in total. The normalized spacial score (nSPS) is 22.1. The third-order valence-electron chi connectivity index (χ3n) is 24.4. The molecule has 2 amide bonds. The molecule has 2 bridgehead atoms. The third kappa shape index (κ3) is 17.5. The minimum atomic E-state index is -3.21. The number of aromatic amines is 5. The summed E-state index contributed by atoms with van der Waals surface area (Å²) in [6, 6.07) is 21.2. The van der Waals surface area contributed by atoms with Crippen molar-refractivity contribution in [2.24, 2.45) is 22.2 Å². The maximum absolute atomic E-state index is 11.9. The predicted octanol–water partition coefficient (Wildman–Crippen LogP) is 13.6. The first kappa shape index (κ1) is 79.3. The smallest absolute Gasteiger partial charge is 0.219 e. The van der Waals surface area contributed by atoms with Gasteiger partial charge in [0.15, 0.2) is 0 Å². The van der Waals surface area contributed by atoms with E-state index < -0.39 is 10.0 Å². The van der Waals surface area contributed by atoms with Crippen molar-refractivity contribution in [1.82, 2.24) is 75.3 Å². The number of amides is 2. The van der Waals surface area contributed by atoms with Gasteiger partial charge in [-0.1, -0.05) is 85.7 Å². The number of sulfonamides is 1. The number of hydrogen-bond donors (Lipinski definition) is 6. The van der Waals surface area contributed by atoms with Gasteiger partial charge in [0.05, 0.1) is 78.0 Å². The number of nitrogens with zero attached hydrogens (tertiary/aromatic N) is 14. The van der Waals surface area contributed by atoms with Crippen LogP contribution in [-0.4, -0.2) is 246 Å². The van der Waals surface area contributed by atoms with Crippen LogP contribution >= 0.6 is 58.0 Å². The Kier molecular flexibility index (Phi) is 23.8. The number of ether oxygens (including phenoxy) is 1. The highest BCUT2D eigenvalue weighted by molar-refractivity contribution is 7.88. The number of halogens is 5. The Bertz CT molecular complexity index is 4990. The van der Waals surface area contributed by atoms with Gasteiger partial charge in [-0.2, -0.15) is 25.5 Å². The number of rotatable bonds is 9. The van der Waals surface area contributed by atoms with Crippen molar-refractivity contribution in [3.8, 4) is 0 Å². The van der Waals surface area contributed by atoms with Crippen molar-refractivity contribution in [3.05, 3.63) is 117 Å². The molecule has 110 heavy (non-hydrogen) atoms. The van der Waals surface area contributed by atoms with Crippen LogP contribution in [0.4, 0.5) is 28.4 Å². The summed E-state index contributed by atoms with van der Waals surface area (Å²) in [4.78, 5) is 41.6. The summed E-state index contributed by atoms with van der Waals surface area (Å²) in [6.45, 7) is 28.5. The van der Waals surface area contributed by atoms with E-state index >= 15 is 0 Å². The van der Waals surface area contributed by atoms with E-state index in [9.17, 15) is 18.0 Å². The summed E-state index contributed by atoms with van der Waals surface area (Å²) < 4.78 is 30.8. The van der Waals surface area contributed by atoms with Crippen LogP contribution in [0.3, 0.4) is 0 Å². The maximum atomic E-state index is 11.9.